The van der Waals surface area contributed by atoms with Crippen LogP contribution in [0.1, 0.15) is 80.0 Å². The van der Waals surface area contributed by atoms with Gasteiger partial charge < -0.3 is 4.74 Å². The van der Waals surface area contributed by atoms with Crippen molar-refractivity contribution in [3.63, 3.8) is 0 Å². The van der Waals surface area contributed by atoms with E-state index in [0.717, 1.165) is 54.4 Å². The van der Waals surface area contributed by atoms with Crippen molar-refractivity contribution in [2.24, 2.45) is 17.8 Å². The van der Waals surface area contributed by atoms with E-state index in [1.807, 2.05) is 38.1 Å². The van der Waals surface area contributed by atoms with E-state index in [4.69, 9.17) is 4.74 Å². The molecular weight excluding hydrogens is 426 g/mol. The molecule has 7 rings (SSSR count). The predicted molar refractivity (Wildman–Crippen MR) is 127 cm³/mol. The second-order valence-electron chi connectivity index (χ2n) is 10.7. The number of carbonyl (C=O) groups is 3. The Kier molecular flexibility index (Phi) is 5.12. The average molecular weight is 458 g/mol. The van der Waals surface area contributed by atoms with Crippen LogP contribution in [-0.2, 0) is 19.1 Å². The van der Waals surface area contributed by atoms with E-state index in [-0.39, 0.29) is 35.7 Å². The highest BCUT2D eigenvalue weighted by Gasteiger charge is 2.63. The van der Waals surface area contributed by atoms with Crippen LogP contribution in [-0.4, -0.2) is 34.8 Å². The number of amides is 2. The standard InChI is InChI=1S/C29H31NO4/c1-16(2)26(29(33)34-17-10-4-3-5-11-17)30-27(31)24-22-18-12-6-7-13-19(18)23(25(24)28(30)32)21-15-9-8-14-20(21)22/h6-9,12-17,22-26H,3-5,10-11H2,1-2H3. The molecule has 5 heteroatoms. The molecule has 2 bridgehead atoms. The Morgan fingerprint density at radius 1 is 0.794 bits per heavy atom. The molecule has 3 atom stereocenters. The predicted octanol–water partition coefficient (Wildman–Crippen LogP) is 4.78. The minimum atomic E-state index is -0.877. The summed E-state index contributed by atoms with van der Waals surface area (Å²) in [7, 11) is 0. The molecule has 176 valence electrons. The van der Waals surface area contributed by atoms with Gasteiger partial charge in [0.1, 0.15) is 12.1 Å². The van der Waals surface area contributed by atoms with Crippen LogP contribution in [0.4, 0.5) is 0 Å². The zero-order valence-electron chi connectivity index (χ0n) is 19.8. The fourth-order valence-corrected chi connectivity index (χ4v) is 7.07. The molecule has 2 aromatic carbocycles. The molecule has 3 unspecified atom stereocenters. The average Bonchev–Trinajstić information content (AvgIpc) is 3.10. The third-order valence-electron chi connectivity index (χ3n) is 8.47. The number of esters is 1. The van der Waals surface area contributed by atoms with E-state index in [0.29, 0.717) is 0 Å². The molecule has 0 N–H and O–H groups in total. The maximum absolute atomic E-state index is 14.0. The van der Waals surface area contributed by atoms with Crippen molar-refractivity contribution >= 4 is 17.8 Å². The number of benzene rings is 2. The number of imide groups is 1. The molecule has 2 fully saturated rings. The first-order valence-electron chi connectivity index (χ1n) is 12.7. The van der Waals surface area contributed by atoms with Gasteiger partial charge >= 0.3 is 5.97 Å². The van der Waals surface area contributed by atoms with Crippen LogP contribution in [0.5, 0.6) is 0 Å². The third kappa shape index (κ3) is 3.02. The zero-order chi connectivity index (χ0) is 23.6. The van der Waals surface area contributed by atoms with Gasteiger partial charge in [0.05, 0.1) is 11.8 Å². The summed E-state index contributed by atoms with van der Waals surface area (Å²) in [6, 6.07) is 15.5. The maximum atomic E-state index is 14.0. The van der Waals surface area contributed by atoms with Gasteiger partial charge in [-0.2, -0.15) is 0 Å². The van der Waals surface area contributed by atoms with Gasteiger partial charge in [-0.1, -0.05) is 68.8 Å². The highest BCUT2D eigenvalue weighted by molar-refractivity contribution is 6.10. The maximum Gasteiger partial charge on any atom is 0.329 e. The van der Waals surface area contributed by atoms with E-state index in [9.17, 15) is 14.4 Å². The summed E-state index contributed by atoms with van der Waals surface area (Å²) in [4.78, 5) is 42.7. The molecule has 1 saturated heterocycles. The summed E-state index contributed by atoms with van der Waals surface area (Å²) < 4.78 is 5.89. The molecule has 0 aromatic heterocycles. The minimum absolute atomic E-state index is 0.109. The van der Waals surface area contributed by atoms with E-state index in [2.05, 4.69) is 24.3 Å². The monoisotopic (exact) mass is 457 g/mol. The fourth-order valence-electron chi connectivity index (χ4n) is 7.07. The van der Waals surface area contributed by atoms with E-state index >= 15 is 0 Å². The number of nitrogens with zero attached hydrogens (tertiary/aromatic N) is 1. The van der Waals surface area contributed by atoms with E-state index < -0.39 is 23.8 Å². The number of hydrogen-bond donors (Lipinski definition) is 0. The van der Waals surface area contributed by atoms with E-state index in [1.54, 1.807) is 0 Å². The Morgan fingerprint density at radius 3 is 1.65 bits per heavy atom. The number of hydrogen-bond acceptors (Lipinski definition) is 4. The Labute approximate surface area is 200 Å². The molecule has 1 aliphatic heterocycles. The molecule has 0 radical (unpaired) electrons. The highest BCUT2D eigenvalue weighted by Crippen LogP contribution is 2.61. The lowest BCUT2D eigenvalue weighted by atomic mass is 9.55. The van der Waals surface area contributed by atoms with Crippen LogP contribution in [0, 0.1) is 17.8 Å². The zero-order valence-corrected chi connectivity index (χ0v) is 19.8. The molecule has 4 aliphatic carbocycles. The Hall–Kier alpha value is -2.95. The largest absolute Gasteiger partial charge is 0.461 e. The first-order chi connectivity index (χ1) is 16.5. The number of rotatable bonds is 4. The van der Waals surface area contributed by atoms with Crippen molar-refractivity contribution in [3.05, 3.63) is 70.8 Å². The van der Waals surface area contributed by atoms with Crippen molar-refractivity contribution in [2.75, 3.05) is 0 Å². The Bertz CT molecular complexity index is 1050. The van der Waals surface area contributed by atoms with Gasteiger partial charge in [-0.15, -0.1) is 0 Å². The van der Waals surface area contributed by atoms with Crippen LogP contribution < -0.4 is 0 Å². The SMILES string of the molecule is CC(C)C(C(=O)OC1CCCCC1)N1C(=O)C2C3c4ccccc4C(c4ccccc43)C2C1=O. The first kappa shape index (κ1) is 21.6. The van der Waals surface area contributed by atoms with E-state index in [1.165, 1.54) is 4.90 Å². The van der Waals surface area contributed by atoms with Crippen molar-refractivity contribution in [3.8, 4) is 0 Å². The topological polar surface area (TPSA) is 63.7 Å². The molecule has 2 aromatic rings. The fraction of sp³-hybridized carbons (Fsp3) is 0.483. The lowest BCUT2D eigenvalue weighted by molar-refractivity contribution is -0.165. The quantitative estimate of drug-likeness (QED) is 0.490. The lowest BCUT2D eigenvalue weighted by Crippen LogP contribution is -2.50. The van der Waals surface area contributed by atoms with Crippen molar-refractivity contribution in [1.82, 2.24) is 4.90 Å². The lowest BCUT2D eigenvalue weighted by Gasteiger charge is -2.45. The summed E-state index contributed by atoms with van der Waals surface area (Å²) in [5, 5.41) is 0. The highest BCUT2D eigenvalue weighted by atomic mass is 16.5. The molecule has 1 heterocycles. The number of likely N-dealkylation sites (tertiary alicyclic amines) is 1. The second-order valence-corrected chi connectivity index (χ2v) is 10.7. The minimum Gasteiger partial charge on any atom is -0.461 e. The van der Waals surface area contributed by atoms with Crippen LogP contribution in [0.15, 0.2) is 48.5 Å². The number of carbonyl (C=O) groups excluding carboxylic acids is 3. The second kappa shape index (κ2) is 8.07. The van der Waals surface area contributed by atoms with Crippen molar-refractivity contribution < 1.29 is 19.1 Å². The third-order valence-corrected chi connectivity index (χ3v) is 8.47. The smallest absolute Gasteiger partial charge is 0.329 e. The normalized spacial score (nSPS) is 28.5. The van der Waals surface area contributed by atoms with Gasteiger partial charge in [0.15, 0.2) is 0 Å². The van der Waals surface area contributed by atoms with Crippen LogP contribution in [0.2, 0.25) is 0 Å². The molecule has 0 spiro atoms. The van der Waals surface area contributed by atoms with Gasteiger partial charge in [0.2, 0.25) is 11.8 Å². The van der Waals surface area contributed by atoms with Crippen LogP contribution in [0.25, 0.3) is 0 Å². The summed E-state index contributed by atoms with van der Waals surface area (Å²) >= 11 is 0. The Morgan fingerprint density at radius 2 is 1.24 bits per heavy atom. The van der Waals surface area contributed by atoms with Crippen molar-refractivity contribution in [2.45, 2.75) is 69.9 Å². The molecule has 2 amide bonds. The first-order valence-corrected chi connectivity index (χ1v) is 12.7. The molecule has 5 nitrogen and oxygen atoms in total. The summed E-state index contributed by atoms with van der Waals surface area (Å²) in [5.41, 5.74) is 4.56. The van der Waals surface area contributed by atoms with Crippen molar-refractivity contribution in [1.29, 1.82) is 0 Å². The van der Waals surface area contributed by atoms with Gasteiger partial charge in [-0.05, 0) is 53.9 Å². The van der Waals surface area contributed by atoms with Gasteiger partial charge in [-0.3, -0.25) is 14.5 Å². The molecular formula is C29H31NO4. The van der Waals surface area contributed by atoms with Crippen LogP contribution >= 0.6 is 0 Å². The van der Waals surface area contributed by atoms with Crippen LogP contribution in [0.3, 0.4) is 0 Å². The Balaban J connectivity index is 1.39. The summed E-state index contributed by atoms with van der Waals surface area (Å²) in [6.07, 6.45) is 4.88. The number of ether oxygens (including phenoxy) is 1. The van der Waals surface area contributed by atoms with Gasteiger partial charge in [0.25, 0.3) is 0 Å². The van der Waals surface area contributed by atoms with Gasteiger partial charge in [0, 0.05) is 11.8 Å². The molecule has 5 aliphatic rings. The van der Waals surface area contributed by atoms with Gasteiger partial charge in [-0.25, -0.2) is 4.79 Å². The summed E-state index contributed by atoms with van der Waals surface area (Å²) in [5.74, 6) is -2.33. The summed E-state index contributed by atoms with van der Waals surface area (Å²) in [6.45, 7) is 3.79. The molecule has 34 heavy (non-hydrogen) atoms. The molecule has 1 saturated carbocycles.